The fourth-order valence-corrected chi connectivity index (χ4v) is 2.08. The number of carbonyl (C=O) groups is 1. The number of benzene rings is 1. The Hall–Kier alpha value is -0.140. The zero-order valence-corrected chi connectivity index (χ0v) is 12.7. The average molecular weight is 397 g/mol. The topological polar surface area (TPSA) is 55.1 Å². The lowest BCUT2D eigenvalue weighted by Gasteiger charge is -2.11. The molecule has 1 unspecified atom stereocenters. The molecule has 0 heterocycles. The summed E-state index contributed by atoms with van der Waals surface area (Å²) in [6, 6.07) is 5.65. The summed E-state index contributed by atoms with van der Waals surface area (Å²) in [6.07, 6.45) is 0.857. The Bertz CT molecular complexity index is 384. The van der Waals surface area contributed by atoms with Crippen molar-refractivity contribution >= 4 is 44.4 Å². The van der Waals surface area contributed by atoms with Crippen molar-refractivity contribution in [1.29, 1.82) is 0 Å². The predicted molar refractivity (Wildman–Crippen MR) is 77.5 cm³/mol. The van der Waals surface area contributed by atoms with Gasteiger partial charge in [0.05, 0.1) is 5.56 Å². The van der Waals surface area contributed by atoms with E-state index in [9.17, 15) is 4.79 Å². The van der Waals surface area contributed by atoms with E-state index >= 15 is 0 Å². The fourth-order valence-electron chi connectivity index (χ4n) is 1.13. The molecule has 1 atom stereocenters. The van der Waals surface area contributed by atoms with E-state index in [0.29, 0.717) is 12.1 Å². The highest BCUT2D eigenvalue weighted by Gasteiger charge is 2.10. The summed E-state index contributed by atoms with van der Waals surface area (Å²) in [4.78, 5) is 11.8. The van der Waals surface area contributed by atoms with Crippen LogP contribution in [0.2, 0.25) is 0 Å². The van der Waals surface area contributed by atoms with Crippen LogP contribution in [0.25, 0.3) is 0 Å². The van der Waals surface area contributed by atoms with E-state index in [-0.39, 0.29) is 11.9 Å². The summed E-state index contributed by atoms with van der Waals surface area (Å²) < 4.78 is 1.83. The molecule has 0 aromatic heterocycles. The maximum Gasteiger partial charge on any atom is 0.252 e. The minimum absolute atomic E-state index is 0.0220. The van der Waals surface area contributed by atoms with Gasteiger partial charge in [-0.15, -0.1) is 0 Å². The van der Waals surface area contributed by atoms with E-state index in [2.05, 4.69) is 43.8 Å². The molecule has 3 N–H and O–H groups in total. The summed E-state index contributed by atoms with van der Waals surface area (Å²) in [5.41, 5.74) is 6.42. The lowest BCUT2D eigenvalue weighted by atomic mass is 10.2. The maximum atomic E-state index is 11.8. The van der Waals surface area contributed by atoms with Crippen LogP contribution in [-0.4, -0.2) is 18.5 Å². The summed E-state index contributed by atoms with van der Waals surface area (Å²) in [6.45, 7) is 2.51. The number of hydrogen-bond acceptors (Lipinski definition) is 2. The van der Waals surface area contributed by atoms with E-state index in [1.54, 1.807) is 0 Å². The van der Waals surface area contributed by atoms with Crippen LogP contribution in [0.5, 0.6) is 0 Å². The molecule has 16 heavy (non-hydrogen) atoms. The van der Waals surface area contributed by atoms with Crippen LogP contribution in [0.3, 0.4) is 0 Å². The molecule has 3 nitrogen and oxygen atoms in total. The second kappa shape index (κ2) is 6.56. The van der Waals surface area contributed by atoms with Gasteiger partial charge in [0.1, 0.15) is 0 Å². The Morgan fingerprint density at radius 3 is 2.94 bits per heavy atom. The van der Waals surface area contributed by atoms with Crippen molar-refractivity contribution in [2.24, 2.45) is 5.73 Å². The highest BCUT2D eigenvalue weighted by molar-refractivity contribution is 14.1. The van der Waals surface area contributed by atoms with Crippen molar-refractivity contribution in [1.82, 2.24) is 5.32 Å². The molecular formula is C11H14BrIN2O. The van der Waals surface area contributed by atoms with Gasteiger partial charge in [0.2, 0.25) is 0 Å². The third-order valence-corrected chi connectivity index (χ3v) is 3.66. The maximum absolute atomic E-state index is 11.8. The van der Waals surface area contributed by atoms with Crippen molar-refractivity contribution in [2.75, 3.05) is 6.54 Å². The quantitative estimate of drug-likeness (QED) is 0.768. The minimum atomic E-state index is -0.0744. The third-order valence-electron chi connectivity index (χ3n) is 2.22. The van der Waals surface area contributed by atoms with Gasteiger partial charge in [-0.1, -0.05) is 22.9 Å². The molecule has 0 aliphatic rings. The first-order chi connectivity index (χ1) is 7.54. The fraction of sp³-hybridized carbons (Fsp3) is 0.364. The average Bonchev–Trinajstić information content (AvgIpc) is 2.28. The van der Waals surface area contributed by atoms with Crippen LogP contribution < -0.4 is 11.1 Å². The predicted octanol–water partition coefficient (Wildman–Crippen LogP) is 2.52. The van der Waals surface area contributed by atoms with Crippen molar-refractivity contribution in [3.05, 3.63) is 31.8 Å². The van der Waals surface area contributed by atoms with E-state index in [1.165, 1.54) is 0 Å². The SMILES string of the molecule is CCC(N)CNC(=O)c1cc(Br)ccc1I. The largest absolute Gasteiger partial charge is 0.350 e. The van der Waals surface area contributed by atoms with Crippen LogP contribution in [0.4, 0.5) is 0 Å². The lowest BCUT2D eigenvalue weighted by molar-refractivity contribution is 0.0950. The van der Waals surface area contributed by atoms with Crippen molar-refractivity contribution in [3.8, 4) is 0 Å². The molecule has 0 saturated carbocycles. The molecule has 0 saturated heterocycles. The Balaban J connectivity index is 2.69. The van der Waals surface area contributed by atoms with E-state index < -0.39 is 0 Å². The molecule has 0 bridgehead atoms. The molecule has 1 rings (SSSR count). The van der Waals surface area contributed by atoms with Crippen molar-refractivity contribution < 1.29 is 4.79 Å². The first kappa shape index (κ1) is 13.9. The molecule has 1 aromatic rings. The number of halogens is 2. The molecular weight excluding hydrogens is 383 g/mol. The van der Waals surface area contributed by atoms with Gasteiger partial charge in [0.25, 0.3) is 5.91 Å². The molecule has 0 spiro atoms. The molecule has 5 heteroatoms. The van der Waals surface area contributed by atoms with Gasteiger partial charge in [-0.05, 0) is 47.2 Å². The summed E-state index contributed by atoms with van der Waals surface area (Å²) >= 11 is 5.50. The van der Waals surface area contributed by atoms with Gasteiger partial charge in [-0.25, -0.2) is 0 Å². The highest BCUT2D eigenvalue weighted by Crippen LogP contribution is 2.18. The number of carbonyl (C=O) groups excluding carboxylic acids is 1. The normalized spacial score (nSPS) is 12.2. The van der Waals surface area contributed by atoms with Crippen LogP contribution in [-0.2, 0) is 0 Å². The molecule has 1 aromatic carbocycles. The molecule has 0 radical (unpaired) electrons. The van der Waals surface area contributed by atoms with E-state index in [4.69, 9.17) is 5.73 Å². The van der Waals surface area contributed by atoms with Gasteiger partial charge in [-0.2, -0.15) is 0 Å². The third kappa shape index (κ3) is 4.03. The lowest BCUT2D eigenvalue weighted by Crippen LogP contribution is -2.37. The molecule has 0 aliphatic heterocycles. The summed E-state index contributed by atoms with van der Waals surface area (Å²) in [7, 11) is 0. The first-order valence-corrected chi connectivity index (χ1v) is 6.90. The standard InChI is InChI=1S/C11H14BrIN2O/c1-2-8(14)6-15-11(16)9-5-7(12)3-4-10(9)13/h3-5,8H,2,6,14H2,1H3,(H,15,16). The second-order valence-corrected chi connectivity index (χ2v) is 5.58. The molecule has 88 valence electrons. The van der Waals surface area contributed by atoms with E-state index in [1.807, 2.05) is 25.1 Å². The molecule has 0 aliphatic carbocycles. The zero-order valence-electron chi connectivity index (χ0n) is 8.97. The number of nitrogens with one attached hydrogen (secondary N) is 1. The van der Waals surface area contributed by atoms with Gasteiger partial charge in [0, 0.05) is 20.6 Å². The summed E-state index contributed by atoms with van der Waals surface area (Å²) in [5.74, 6) is -0.0744. The van der Waals surface area contributed by atoms with Crippen LogP contribution in [0, 0.1) is 3.57 Å². The first-order valence-electron chi connectivity index (χ1n) is 5.03. The van der Waals surface area contributed by atoms with Crippen molar-refractivity contribution in [3.63, 3.8) is 0 Å². The molecule has 1 amide bonds. The van der Waals surface area contributed by atoms with Crippen LogP contribution >= 0.6 is 38.5 Å². The van der Waals surface area contributed by atoms with Gasteiger partial charge in [-0.3, -0.25) is 4.79 Å². The minimum Gasteiger partial charge on any atom is -0.350 e. The van der Waals surface area contributed by atoms with Gasteiger partial charge < -0.3 is 11.1 Å². The van der Waals surface area contributed by atoms with Crippen molar-refractivity contribution in [2.45, 2.75) is 19.4 Å². The Labute approximate surface area is 117 Å². The molecule has 0 fully saturated rings. The number of rotatable bonds is 4. The second-order valence-electron chi connectivity index (χ2n) is 3.50. The van der Waals surface area contributed by atoms with Gasteiger partial charge in [0.15, 0.2) is 0 Å². The number of amides is 1. The number of hydrogen-bond donors (Lipinski definition) is 2. The van der Waals surface area contributed by atoms with E-state index in [0.717, 1.165) is 14.5 Å². The Morgan fingerprint density at radius 2 is 2.31 bits per heavy atom. The summed E-state index contributed by atoms with van der Waals surface area (Å²) in [5, 5.41) is 2.83. The van der Waals surface area contributed by atoms with Crippen LogP contribution in [0.1, 0.15) is 23.7 Å². The highest BCUT2D eigenvalue weighted by atomic mass is 127. The Morgan fingerprint density at radius 1 is 1.62 bits per heavy atom. The Kier molecular flexibility index (Phi) is 5.71. The van der Waals surface area contributed by atoms with Crippen LogP contribution in [0.15, 0.2) is 22.7 Å². The zero-order chi connectivity index (χ0) is 12.1. The monoisotopic (exact) mass is 396 g/mol. The van der Waals surface area contributed by atoms with Gasteiger partial charge >= 0.3 is 0 Å². The number of nitrogens with two attached hydrogens (primary N) is 1. The smallest absolute Gasteiger partial charge is 0.252 e.